The van der Waals surface area contributed by atoms with E-state index in [1.807, 2.05) is 0 Å². The van der Waals surface area contributed by atoms with Crippen LogP contribution in [0.15, 0.2) is 0 Å². The quantitative estimate of drug-likeness (QED) is 0.457. The summed E-state index contributed by atoms with van der Waals surface area (Å²) in [7, 11) is 3.24. The van der Waals surface area contributed by atoms with Crippen LogP contribution in [0.5, 0.6) is 0 Å². The largest absolute Gasteiger partial charge is 0.606 e. The Kier molecular flexibility index (Phi) is 11.3. The number of carbonyl (C=O) groups excluding carboxylic acids is 1. The molecule has 108 valence electrons. The zero-order valence-electron chi connectivity index (χ0n) is 12.3. The monoisotopic (exact) mass is 258 g/mol. The maximum absolute atomic E-state index is 11.4. The van der Waals surface area contributed by atoms with Crippen molar-refractivity contribution in [1.29, 1.82) is 0 Å². The van der Waals surface area contributed by atoms with Gasteiger partial charge in [0.25, 0.3) is 0 Å². The number of unbranched alkanes of at least 4 members (excludes halogenated alkanes) is 8. The maximum Gasteiger partial charge on any atom is 0.331 e. The van der Waals surface area contributed by atoms with Crippen molar-refractivity contribution in [2.45, 2.75) is 71.1 Å². The molecule has 4 heteroatoms. The number of hydrogen-bond donors (Lipinski definition) is 1. The van der Waals surface area contributed by atoms with Gasteiger partial charge >= 0.3 is 5.91 Å². The molecule has 0 aliphatic heterocycles. The minimum atomic E-state index is -0.366. The Hall–Kier alpha value is -0.450. The Bertz CT molecular complexity index is 208. The lowest BCUT2D eigenvalue weighted by Gasteiger charge is -2.24. The van der Waals surface area contributed by atoms with Crippen LogP contribution in [-0.4, -0.2) is 25.0 Å². The third kappa shape index (κ3) is 9.57. The standard InChI is InChI=1S/C14H30N2O2/c1-4-5-6-7-8-9-10-11-12-13-14(17)16(18)15(2)3/h16H,4-13H2,1-3H3. The Morgan fingerprint density at radius 3 is 1.83 bits per heavy atom. The van der Waals surface area contributed by atoms with Crippen LogP contribution >= 0.6 is 0 Å². The van der Waals surface area contributed by atoms with Crippen LogP contribution in [0, 0.1) is 5.21 Å². The summed E-state index contributed by atoms with van der Waals surface area (Å²) in [5, 5.41) is 12.3. The summed E-state index contributed by atoms with van der Waals surface area (Å²) < 4.78 is 0. The highest BCUT2D eigenvalue weighted by atomic mass is 16.6. The number of nitrogens with one attached hydrogen (secondary N) is 1. The van der Waals surface area contributed by atoms with Gasteiger partial charge in [0.2, 0.25) is 0 Å². The number of hydroxylamine groups is 1. The van der Waals surface area contributed by atoms with E-state index in [1.165, 1.54) is 50.0 Å². The summed E-state index contributed by atoms with van der Waals surface area (Å²) in [6, 6.07) is 0. The minimum Gasteiger partial charge on any atom is -0.606 e. The van der Waals surface area contributed by atoms with Crippen molar-refractivity contribution in [3.05, 3.63) is 5.21 Å². The highest BCUT2D eigenvalue weighted by Crippen LogP contribution is 2.10. The smallest absolute Gasteiger partial charge is 0.331 e. The summed E-state index contributed by atoms with van der Waals surface area (Å²) in [6.45, 7) is 2.23. The molecule has 0 saturated heterocycles. The number of hydrogen-bond acceptors (Lipinski definition) is 3. The molecule has 18 heavy (non-hydrogen) atoms. The fourth-order valence-corrected chi connectivity index (χ4v) is 1.95. The first-order valence-corrected chi connectivity index (χ1v) is 7.34. The summed E-state index contributed by atoms with van der Waals surface area (Å²) in [5.74, 6) is -0.247. The van der Waals surface area contributed by atoms with E-state index in [-0.39, 0.29) is 11.1 Å². The van der Waals surface area contributed by atoms with Gasteiger partial charge in [-0.3, -0.25) is 0 Å². The summed E-state index contributed by atoms with van der Waals surface area (Å²) in [6.07, 6.45) is 11.4. The van der Waals surface area contributed by atoms with Crippen molar-refractivity contribution in [2.75, 3.05) is 14.1 Å². The van der Waals surface area contributed by atoms with Gasteiger partial charge in [-0.1, -0.05) is 58.3 Å². The molecule has 0 radical (unpaired) electrons. The van der Waals surface area contributed by atoms with E-state index < -0.39 is 0 Å². The summed E-state index contributed by atoms with van der Waals surface area (Å²) in [5.41, 5.74) is 0. The molecular weight excluding hydrogens is 228 g/mol. The molecule has 0 rings (SSSR count). The Balaban J connectivity index is 3.27. The molecule has 0 aliphatic carbocycles. The second kappa shape index (κ2) is 11.6. The van der Waals surface area contributed by atoms with Gasteiger partial charge in [-0.05, 0) is 6.42 Å². The third-order valence-electron chi connectivity index (χ3n) is 3.15. The van der Waals surface area contributed by atoms with Crippen LogP contribution < -0.4 is 5.17 Å². The van der Waals surface area contributed by atoms with Gasteiger partial charge in [-0.15, -0.1) is 0 Å². The average molecular weight is 258 g/mol. The van der Waals surface area contributed by atoms with Crippen LogP contribution in [0.2, 0.25) is 0 Å². The van der Waals surface area contributed by atoms with Crippen molar-refractivity contribution >= 4 is 5.91 Å². The fourth-order valence-electron chi connectivity index (χ4n) is 1.95. The molecule has 4 nitrogen and oxygen atoms in total. The Morgan fingerprint density at radius 1 is 0.944 bits per heavy atom. The highest BCUT2D eigenvalue weighted by molar-refractivity contribution is 5.66. The molecular formula is C14H30N2O2. The molecule has 0 heterocycles. The predicted octanol–water partition coefficient (Wildman–Crippen LogP) is 2.29. The van der Waals surface area contributed by atoms with Crippen molar-refractivity contribution < 1.29 is 9.97 Å². The van der Waals surface area contributed by atoms with Gasteiger partial charge in [0.05, 0.1) is 6.42 Å². The van der Waals surface area contributed by atoms with Gasteiger partial charge < -0.3 is 5.21 Å². The SMILES string of the molecule is CCCCCCCCCCCC(=O)[NH+]([O-])N(C)C. The first kappa shape index (κ1) is 17.6. The Labute approximate surface area is 112 Å². The highest BCUT2D eigenvalue weighted by Gasteiger charge is 2.12. The van der Waals surface area contributed by atoms with Crippen molar-refractivity contribution in [3.8, 4) is 0 Å². The van der Waals surface area contributed by atoms with Gasteiger partial charge in [0, 0.05) is 14.1 Å². The van der Waals surface area contributed by atoms with Crippen LogP contribution in [0.4, 0.5) is 0 Å². The van der Waals surface area contributed by atoms with E-state index in [4.69, 9.17) is 0 Å². The van der Waals surface area contributed by atoms with Crippen molar-refractivity contribution in [3.63, 3.8) is 0 Å². The van der Waals surface area contributed by atoms with Gasteiger partial charge in [-0.2, -0.15) is 5.01 Å². The van der Waals surface area contributed by atoms with Gasteiger partial charge in [0.15, 0.2) is 0 Å². The van der Waals surface area contributed by atoms with Gasteiger partial charge in [-0.25, -0.2) is 9.97 Å². The molecule has 0 spiro atoms. The maximum atomic E-state index is 11.4. The molecule has 0 aromatic rings. The van der Waals surface area contributed by atoms with E-state index in [0.29, 0.717) is 6.42 Å². The molecule has 0 fully saturated rings. The lowest BCUT2D eigenvalue weighted by atomic mass is 10.1. The fraction of sp³-hybridized carbons (Fsp3) is 0.929. The lowest BCUT2D eigenvalue weighted by Crippen LogP contribution is -3.15. The number of amides is 1. The van der Waals surface area contributed by atoms with Crippen LogP contribution in [0.25, 0.3) is 0 Å². The Morgan fingerprint density at radius 2 is 1.39 bits per heavy atom. The topological polar surface area (TPSA) is 47.8 Å². The van der Waals surface area contributed by atoms with E-state index >= 15 is 0 Å². The molecule has 1 amide bonds. The zero-order valence-corrected chi connectivity index (χ0v) is 12.3. The minimum absolute atomic E-state index is 0.247. The molecule has 0 saturated carbocycles. The van der Waals surface area contributed by atoms with Crippen molar-refractivity contribution in [2.24, 2.45) is 0 Å². The molecule has 0 aromatic heterocycles. The normalized spacial score (nSPS) is 12.9. The molecule has 0 aromatic carbocycles. The summed E-state index contributed by atoms with van der Waals surface area (Å²) >= 11 is 0. The molecule has 1 atom stereocenters. The first-order valence-electron chi connectivity index (χ1n) is 7.34. The van der Waals surface area contributed by atoms with Crippen molar-refractivity contribution in [1.82, 2.24) is 5.01 Å². The first-order chi connectivity index (χ1) is 8.59. The molecule has 1 unspecified atom stereocenters. The van der Waals surface area contributed by atoms with E-state index in [9.17, 15) is 10.0 Å². The zero-order chi connectivity index (χ0) is 13.8. The molecule has 1 N–H and O–H groups in total. The van der Waals surface area contributed by atoms with Crippen LogP contribution in [-0.2, 0) is 4.79 Å². The second-order valence-corrected chi connectivity index (χ2v) is 5.20. The molecule has 0 bridgehead atoms. The third-order valence-corrected chi connectivity index (χ3v) is 3.15. The lowest BCUT2D eigenvalue weighted by molar-refractivity contribution is -0.892. The average Bonchev–Trinajstić information content (AvgIpc) is 2.35. The second-order valence-electron chi connectivity index (χ2n) is 5.20. The number of nitrogens with zero attached hydrogens (tertiary/aromatic N) is 1. The van der Waals surface area contributed by atoms with E-state index in [0.717, 1.165) is 12.8 Å². The number of quaternary nitrogens is 1. The van der Waals surface area contributed by atoms with E-state index in [1.54, 1.807) is 14.1 Å². The van der Waals surface area contributed by atoms with E-state index in [2.05, 4.69) is 6.92 Å². The number of rotatable bonds is 11. The predicted molar refractivity (Wildman–Crippen MR) is 74.9 cm³/mol. The molecule has 0 aliphatic rings. The number of carbonyl (C=O) groups is 1. The van der Waals surface area contributed by atoms with Crippen LogP contribution in [0.1, 0.15) is 71.1 Å². The van der Waals surface area contributed by atoms with Gasteiger partial charge in [0.1, 0.15) is 0 Å². The summed E-state index contributed by atoms with van der Waals surface area (Å²) in [4.78, 5) is 11.4. The van der Waals surface area contributed by atoms with Crippen LogP contribution in [0.3, 0.4) is 0 Å².